The van der Waals surface area contributed by atoms with Crippen LogP contribution in [-0.4, -0.2) is 175 Å². The summed E-state index contributed by atoms with van der Waals surface area (Å²) < 4.78 is 37.4. The summed E-state index contributed by atoms with van der Waals surface area (Å²) in [4.78, 5) is 75.4. The number of nitrogens with zero attached hydrogens (tertiary/aromatic N) is 4. The molecule has 0 radical (unpaired) electrons. The second kappa shape index (κ2) is 28.7. The fraction of sp³-hybridized carbons (Fsp3) is 0.562. The van der Waals surface area contributed by atoms with E-state index in [1.807, 2.05) is 31.2 Å². The van der Waals surface area contributed by atoms with Crippen molar-refractivity contribution in [3.63, 3.8) is 0 Å². The average molecular weight is 950 g/mol. The molecule has 0 unspecified atom stereocenters. The van der Waals surface area contributed by atoms with E-state index in [2.05, 4.69) is 25.3 Å². The van der Waals surface area contributed by atoms with E-state index in [4.69, 9.17) is 34.2 Å². The highest BCUT2D eigenvalue weighted by atomic mass is 16.6. The fourth-order valence-electron chi connectivity index (χ4n) is 7.50. The summed E-state index contributed by atoms with van der Waals surface area (Å²) in [6, 6.07) is 7.57. The minimum absolute atomic E-state index is 0.0241. The van der Waals surface area contributed by atoms with Crippen molar-refractivity contribution in [2.75, 3.05) is 124 Å². The fourth-order valence-corrected chi connectivity index (χ4v) is 7.50. The number of methoxy groups -OCH3 is 1. The van der Waals surface area contributed by atoms with Crippen LogP contribution in [-0.2, 0) is 75.5 Å². The molecule has 1 saturated carbocycles. The molecule has 1 aromatic heterocycles. The first-order valence-electron chi connectivity index (χ1n) is 23.2. The van der Waals surface area contributed by atoms with Crippen LogP contribution in [0, 0.1) is 0 Å². The number of benzene rings is 1. The van der Waals surface area contributed by atoms with Gasteiger partial charge in [0, 0.05) is 74.5 Å². The number of aliphatic imine (C=N–C) groups is 1. The molecule has 372 valence electrons. The molecule has 20 nitrogen and oxygen atoms in total. The van der Waals surface area contributed by atoms with Crippen LogP contribution in [0.1, 0.15) is 61.4 Å². The number of aromatic nitrogens is 1. The number of aliphatic hydroxyl groups is 1. The standard InChI is InChI=1S/C48H67N7O13/c1-3-13-54(15-16-56)46(60)36-29-35-4-5-38(32-41(35)53-42(49)31-36)48(10-11-48)47(61)52-39-30-37-34-55(14-8-40(37)51-33-39)44(58)9-17-63-19-21-65-23-25-67-27-28-68-26-24-66-22-20-64-18-12-50-43(57)6-7-45(59)62-2/h4-7,29-30,32-33,56H,3,8-28,31,34H2,1-2H3,(H2,49,53)(H,50,57)(H,52,61)/b7-6-. The molecule has 3 heterocycles. The van der Waals surface area contributed by atoms with Crippen LogP contribution >= 0.6 is 0 Å². The normalized spacial score (nSPS) is 14.8. The Morgan fingerprint density at radius 3 is 2.13 bits per heavy atom. The van der Waals surface area contributed by atoms with Gasteiger partial charge in [0.05, 0.1) is 122 Å². The lowest BCUT2D eigenvalue weighted by molar-refractivity contribution is -0.135. The smallest absolute Gasteiger partial charge is 0.330 e. The van der Waals surface area contributed by atoms with E-state index in [0.29, 0.717) is 141 Å². The zero-order chi connectivity index (χ0) is 48.6. The minimum Gasteiger partial charge on any atom is -0.466 e. The maximum absolute atomic E-state index is 13.9. The van der Waals surface area contributed by atoms with Gasteiger partial charge < -0.3 is 64.4 Å². The van der Waals surface area contributed by atoms with E-state index < -0.39 is 17.3 Å². The molecule has 0 bridgehead atoms. The van der Waals surface area contributed by atoms with Crippen LogP contribution in [0.25, 0.3) is 6.08 Å². The number of hydrogen-bond donors (Lipinski definition) is 4. The van der Waals surface area contributed by atoms with Gasteiger partial charge in [0.25, 0.3) is 0 Å². The van der Waals surface area contributed by atoms with Crippen molar-refractivity contribution < 1.29 is 62.2 Å². The maximum atomic E-state index is 13.9. The zero-order valence-corrected chi connectivity index (χ0v) is 39.3. The third-order valence-electron chi connectivity index (χ3n) is 11.2. The summed E-state index contributed by atoms with van der Waals surface area (Å²) in [6.07, 6.45) is 8.72. The number of carbonyl (C=O) groups excluding carboxylic acids is 5. The van der Waals surface area contributed by atoms with E-state index >= 15 is 0 Å². The SMILES string of the molecule is CCCN(CCO)C(=O)C1=Cc2ccc(C3(C(=O)Nc4cnc5c(c4)CN(C(=O)CCOCCOCCOCCOCCOCCOCCNC(=O)/C=C\C(=O)OC)CC5)CC3)cc2N=C(N)C1. The van der Waals surface area contributed by atoms with E-state index in [0.717, 1.165) is 41.0 Å². The molecule has 1 aliphatic carbocycles. The van der Waals surface area contributed by atoms with Gasteiger partial charge in [0.1, 0.15) is 5.84 Å². The number of hydrogen-bond acceptors (Lipinski definition) is 16. The number of nitrogens with two attached hydrogens (primary N) is 1. The number of ether oxygens (including phenoxy) is 7. The molecule has 3 aliphatic rings. The van der Waals surface area contributed by atoms with E-state index in [1.165, 1.54) is 7.11 Å². The van der Waals surface area contributed by atoms with Crippen LogP contribution in [0.15, 0.2) is 53.2 Å². The van der Waals surface area contributed by atoms with Gasteiger partial charge in [-0.1, -0.05) is 19.1 Å². The Morgan fingerprint density at radius 2 is 1.51 bits per heavy atom. The molecule has 68 heavy (non-hydrogen) atoms. The van der Waals surface area contributed by atoms with Gasteiger partial charge in [-0.2, -0.15) is 0 Å². The highest BCUT2D eigenvalue weighted by molar-refractivity contribution is 6.06. The quantitative estimate of drug-likeness (QED) is 0.0479. The lowest BCUT2D eigenvalue weighted by atomic mass is 9.92. The maximum Gasteiger partial charge on any atom is 0.330 e. The van der Waals surface area contributed by atoms with Crippen molar-refractivity contribution in [2.24, 2.45) is 10.7 Å². The van der Waals surface area contributed by atoms with Gasteiger partial charge in [-0.05, 0) is 48.6 Å². The van der Waals surface area contributed by atoms with Gasteiger partial charge in [-0.25, -0.2) is 9.79 Å². The molecule has 0 spiro atoms. The molecule has 1 aromatic carbocycles. The summed E-state index contributed by atoms with van der Waals surface area (Å²) in [5.74, 6) is -1.06. The van der Waals surface area contributed by atoms with Gasteiger partial charge in [-0.15, -0.1) is 0 Å². The van der Waals surface area contributed by atoms with Gasteiger partial charge in [0.2, 0.25) is 23.6 Å². The number of fused-ring (bicyclic) bond motifs is 2. The Bertz CT molecular complexity index is 2090. The van der Waals surface area contributed by atoms with Gasteiger partial charge in [-0.3, -0.25) is 24.2 Å². The van der Waals surface area contributed by atoms with Crippen molar-refractivity contribution in [3.8, 4) is 0 Å². The third-order valence-corrected chi connectivity index (χ3v) is 11.2. The molecule has 2 aromatic rings. The molecule has 1 fully saturated rings. The Hall–Kier alpha value is -5.61. The largest absolute Gasteiger partial charge is 0.466 e. The van der Waals surface area contributed by atoms with Gasteiger partial charge in [0.15, 0.2) is 0 Å². The molecular formula is C48H67N7O13. The summed E-state index contributed by atoms with van der Waals surface area (Å²) in [7, 11) is 1.23. The van der Waals surface area contributed by atoms with Crippen LogP contribution in [0.2, 0.25) is 0 Å². The summed E-state index contributed by atoms with van der Waals surface area (Å²) in [5.41, 5.74) is 10.6. The van der Waals surface area contributed by atoms with E-state index in [1.54, 1.807) is 22.1 Å². The van der Waals surface area contributed by atoms with Crippen molar-refractivity contribution >= 4 is 52.9 Å². The third kappa shape index (κ3) is 17.2. The monoisotopic (exact) mass is 949 g/mol. The lowest BCUT2D eigenvalue weighted by Gasteiger charge is -2.29. The minimum atomic E-state index is -0.739. The summed E-state index contributed by atoms with van der Waals surface area (Å²) >= 11 is 0. The van der Waals surface area contributed by atoms with Crippen LogP contribution < -0.4 is 16.4 Å². The van der Waals surface area contributed by atoms with Crippen molar-refractivity contribution in [1.29, 1.82) is 0 Å². The molecule has 5 N–H and O–H groups in total. The second-order valence-electron chi connectivity index (χ2n) is 16.2. The van der Waals surface area contributed by atoms with Crippen molar-refractivity contribution in [2.45, 2.75) is 57.4 Å². The number of aliphatic hydroxyl groups excluding tert-OH is 1. The molecular weight excluding hydrogens is 883 g/mol. The topological polar surface area (TPSA) is 252 Å². The molecule has 5 rings (SSSR count). The number of amidine groups is 1. The predicted octanol–water partition coefficient (Wildman–Crippen LogP) is 1.98. The second-order valence-corrected chi connectivity index (χ2v) is 16.2. The zero-order valence-electron chi connectivity index (χ0n) is 39.3. The van der Waals surface area contributed by atoms with Crippen LogP contribution in [0.4, 0.5) is 11.4 Å². The van der Waals surface area contributed by atoms with E-state index in [9.17, 15) is 29.1 Å². The number of amides is 4. The van der Waals surface area contributed by atoms with E-state index in [-0.39, 0.29) is 50.3 Å². The number of carbonyl (C=O) groups is 5. The first kappa shape index (κ1) is 53.3. The lowest BCUT2D eigenvalue weighted by Crippen LogP contribution is -2.37. The summed E-state index contributed by atoms with van der Waals surface area (Å²) in [5, 5.41) is 15.2. The molecule has 4 amide bonds. The highest BCUT2D eigenvalue weighted by Gasteiger charge is 2.51. The van der Waals surface area contributed by atoms with Gasteiger partial charge >= 0.3 is 5.97 Å². The first-order chi connectivity index (χ1) is 33.1. The van der Waals surface area contributed by atoms with Crippen molar-refractivity contribution in [1.82, 2.24) is 20.1 Å². The molecule has 2 aliphatic heterocycles. The highest BCUT2D eigenvalue weighted by Crippen LogP contribution is 2.50. The molecule has 20 heteroatoms. The van der Waals surface area contributed by atoms with Crippen LogP contribution in [0.3, 0.4) is 0 Å². The number of anilines is 1. The Labute approximate surface area is 397 Å². The Kier molecular flexibility index (Phi) is 22.5. The number of pyridine rings is 1. The van der Waals surface area contributed by atoms with Crippen molar-refractivity contribution in [3.05, 3.63) is 70.6 Å². The van der Waals surface area contributed by atoms with Crippen LogP contribution in [0.5, 0.6) is 0 Å². The number of rotatable bonds is 31. The summed E-state index contributed by atoms with van der Waals surface area (Å²) in [6.45, 7) is 8.37. The average Bonchev–Trinajstić information content (AvgIpc) is 4.17. The number of nitrogens with one attached hydrogen (secondary N) is 2. The predicted molar refractivity (Wildman–Crippen MR) is 251 cm³/mol. The first-order valence-corrected chi connectivity index (χ1v) is 23.2. The Balaban J connectivity index is 0.909. The molecule has 0 atom stereocenters. The molecule has 0 saturated heterocycles. The number of esters is 1. The Morgan fingerprint density at radius 1 is 0.868 bits per heavy atom.